The Balaban J connectivity index is 2.11. The van der Waals surface area contributed by atoms with Gasteiger partial charge in [-0.1, -0.05) is 90.5 Å². The first-order valence-corrected chi connectivity index (χ1v) is 9.44. The largest absolute Gasteiger partial charge is 0.339 e. The number of hydrogen-bond donors (Lipinski definition) is 1. The van der Waals surface area contributed by atoms with E-state index in [2.05, 4.69) is 10.3 Å². The van der Waals surface area contributed by atoms with Crippen LogP contribution < -0.4 is 5.32 Å². The highest BCUT2D eigenvalue weighted by atomic mass is 35.5. The number of halogens is 1. The molecule has 0 unspecified atom stereocenters. The van der Waals surface area contributed by atoms with Crippen LogP contribution in [0.15, 0.2) is 91.0 Å². The van der Waals surface area contributed by atoms with Crippen molar-refractivity contribution in [2.45, 2.75) is 12.5 Å². The van der Waals surface area contributed by atoms with Crippen molar-refractivity contribution in [3.63, 3.8) is 0 Å². The molecule has 0 aliphatic heterocycles. The van der Waals surface area contributed by atoms with E-state index in [-0.39, 0.29) is 5.91 Å². The monoisotopic (exact) mass is 386 g/mol. The van der Waals surface area contributed by atoms with Gasteiger partial charge in [0.15, 0.2) is 0 Å². The van der Waals surface area contributed by atoms with Crippen LogP contribution in [0.5, 0.6) is 0 Å². The van der Waals surface area contributed by atoms with Gasteiger partial charge in [0.25, 0.3) is 0 Å². The number of para-hydroxylation sites is 1. The van der Waals surface area contributed by atoms with Crippen LogP contribution >= 0.6 is 11.6 Å². The average molecular weight is 387 g/mol. The predicted molar refractivity (Wildman–Crippen MR) is 113 cm³/mol. The van der Waals surface area contributed by atoms with Crippen molar-refractivity contribution in [2.75, 3.05) is 0 Å². The molecule has 1 amide bonds. The van der Waals surface area contributed by atoms with Gasteiger partial charge in [-0.25, -0.2) is 4.98 Å². The van der Waals surface area contributed by atoms with Crippen molar-refractivity contribution >= 4 is 28.4 Å². The number of aromatic nitrogens is 1. The van der Waals surface area contributed by atoms with Gasteiger partial charge in [0.05, 0.1) is 5.52 Å². The maximum atomic E-state index is 12.4. The summed E-state index contributed by atoms with van der Waals surface area (Å²) in [7, 11) is 0. The fourth-order valence-corrected chi connectivity index (χ4v) is 3.97. The zero-order valence-corrected chi connectivity index (χ0v) is 16.1. The van der Waals surface area contributed by atoms with E-state index in [1.807, 2.05) is 91.0 Å². The summed E-state index contributed by atoms with van der Waals surface area (Å²) in [4.78, 5) is 17.0. The number of carbonyl (C=O) groups excluding carboxylic acids is 1. The third kappa shape index (κ3) is 3.14. The minimum absolute atomic E-state index is 0.156. The van der Waals surface area contributed by atoms with E-state index in [0.29, 0.717) is 5.15 Å². The van der Waals surface area contributed by atoms with Gasteiger partial charge in [-0.05, 0) is 23.3 Å². The van der Waals surface area contributed by atoms with Crippen LogP contribution in [0.3, 0.4) is 0 Å². The van der Waals surface area contributed by atoms with Crippen LogP contribution in [0.4, 0.5) is 0 Å². The molecule has 28 heavy (non-hydrogen) atoms. The van der Waals surface area contributed by atoms with E-state index >= 15 is 0 Å². The smallest absolute Gasteiger partial charge is 0.218 e. The lowest BCUT2D eigenvalue weighted by atomic mass is 9.77. The minimum Gasteiger partial charge on any atom is -0.339 e. The maximum absolute atomic E-state index is 12.4. The van der Waals surface area contributed by atoms with Gasteiger partial charge in [0.1, 0.15) is 10.7 Å². The molecular weight excluding hydrogens is 368 g/mol. The number of nitrogens with one attached hydrogen (secondary N) is 1. The zero-order valence-electron chi connectivity index (χ0n) is 15.4. The number of carbonyl (C=O) groups is 1. The van der Waals surface area contributed by atoms with Crippen molar-refractivity contribution < 1.29 is 4.79 Å². The second-order valence-electron chi connectivity index (χ2n) is 6.68. The third-order valence-electron chi connectivity index (χ3n) is 4.86. The third-order valence-corrected chi connectivity index (χ3v) is 5.15. The molecule has 1 aromatic heterocycles. The molecule has 1 heterocycles. The fraction of sp³-hybridized carbons (Fsp3) is 0.0833. The maximum Gasteiger partial charge on any atom is 0.218 e. The lowest BCUT2D eigenvalue weighted by molar-refractivity contribution is -0.120. The second-order valence-corrected chi connectivity index (χ2v) is 7.04. The molecule has 138 valence electrons. The highest BCUT2D eigenvalue weighted by molar-refractivity contribution is 6.30. The molecule has 3 nitrogen and oxygen atoms in total. The van der Waals surface area contributed by atoms with Crippen molar-refractivity contribution in [2.24, 2.45) is 0 Å². The topological polar surface area (TPSA) is 42.0 Å². The van der Waals surface area contributed by atoms with Gasteiger partial charge in [-0.3, -0.25) is 4.79 Å². The molecule has 4 rings (SSSR count). The summed E-state index contributed by atoms with van der Waals surface area (Å²) in [5.74, 6) is -0.156. The van der Waals surface area contributed by atoms with Crippen LogP contribution in [-0.4, -0.2) is 10.9 Å². The highest BCUT2D eigenvalue weighted by Gasteiger charge is 2.39. The molecular formula is C24H19ClN2O. The van der Waals surface area contributed by atoms with Crippen molar-refractivity contribution in [3.8, 4) is 0 Å². The van der Waals surface area contributed by atoms with E-state index in [4.69, 9.17) is 11.6 Å². The Morgan fingerprint density at radius 2 is 1.39 bits per heavy atom. The minimum atomic E-state index is -0.956. The Hall–Kier alpha value is -3.17. The normalized spacial score (nSPS) is 11.4. The second kappa shape index (κ2) is 7.45. The molecule has 0 fully saturated rings. The van der Waals surface area contributed by atoms with Crippen molar-refractivity contribution in [3.05, 3.63) is 113 Å². The lowest BCUT2D eigenvalue weighted by Crippen LogP contribution is -2.47. The Bertz CT molecular complexity index is 1090. The molecule has 0 aliphatic rings. The SMILES string of the molecule is CC(=O)NC(c1ccccc1)(c1ccccc1)c1cc2ccccc2nc1Cl. The van der Waals surface area contributed by atoms with Gasteiger partial charge >= 0.3 is 0 Å². The van der Waals surface area contributed by atoms with E-state index in [1.165, 1.54) is 6.92 Å². The number of amides is 1. The number of rotatable bonds is 4. The Labute approximate surface area is 169 Å². The molecule has 0 aliphatic carbocycles. The fourth-order valence-electron chi connectivity index (χ4n) is 3.69. The summed E-state index contributed by atoms with van der Waals surface area (Å²) < 4.78 is 0. The summed E-state index contributed by atoms with van der Waals surface area (Å²) in [5.41, 5.74) is 2.42. The van der Waals surface area contributed by atoms with Crippen LogP contribution in [0.25, 0.3) is 10.9 Å². The van der Waals surface area contributed by atoms with E-state index in [0.717, 1.165) is 27.6 Å². The quantitative estimate of drug-likeness (QED) is 0.482. The molecule has 0 radical (unpaired) electrons. The van der Waals surface area contributed by atoms with Crippen molar-refractivity contribution in [1.82, 2.24) is 10.3 Å². The van der Waals surface area contributed by atoms with Crippen LogP contribution in [0, 0.1) is 0 Å². The standard InChI is InChI=1S/C24H19ClN2O/c1-17(28)27-24(19-11-4-2-5-12-19,20-13-6-3-7-14-20)21-16-18-10-8-9-15-22(18)26-23(21)25/h2-16H,1H3,(H,27,28). The zero-order chi connectivity index (χ0) is 19.6. The predicted octanol–water partition coefficient (Wildman–Crippen LogP) is 5.32. The molecule has 0 saturated heterocycles. The molecule has 4 heteroatoms. The van der Waals surface area contributed by atoms with Gasteiger partial charge in [-0.15, -0.1) is 0 Å². The summed E-state index contributed by atoms with van der Waals surface area (Å²) in [6.45, 7) is 1.52. The average Bonchev–Trinajstić information content (AvgIpc) is 2.73. The molecule has 3 aromatic carbocycles. The number of hydrogen-bond acceptors (Lipinski definition) is 2. The van der Waals surface area contributed by atoms with Crippen molar-refractivity contribution in [1.29, 1.82) is 0 Å². The molecule has 0 spiro atoms. The first kappa shape index (κ1) is 18.2. The molecule has 1 N–H and O–H groups in total. The van der Waals surface area contributed by atoms with E-state index < -0.39 is 5.54 Å². The first-order valence-electron chi connectivity index (χ1n) is 9.07. The number of nitrogens with zero attached hydrogens (tertiary/aromatic N) is 1. The van der Waals surface area contributed by atoms with Crippen LogP contribution in [-0.2, 0) is 10.3 Å². The van der Waals surface area contributed by atoms with Gasteiger partial charge in [0.2, 0.25) is 5.91 Å². The Kier molecular flexibility index (Phi) is 4.84. The van der Waals surface area contributed by atoms with Gasteiger partial charge in [-0.2, -0.15) is 0 Å². The number of fused-ring (bicyclic) bond motifs is 1. The Morgan fingerprint density at radius 1 is 0.857 bits per heavy atom. The highest BCUT2D eigenvalue weighted by Crippen LogP contribution is 2.40. The lowest BCUT2D eigenvalue weighted by Gasteiger charge is -2.37. The van der Waals surface area contributed by atoms with E-state index in [9.17, 15) is 4.79 Å². The number of benzene rings is 3. The summed E-state index contributed by atoms with van der Waals surface area (Å²) in [5, 5.41) is 4.51. The summed E-state index contributed by atoms with van der Waals surface area (Å²) in [6.07, 6.45) is 0. The first-order chi connectivity index (χ1) is 13.6. The molecule has 0 saturated carbocycles. The molecule has 4 aromatic rings. The van der Waals surface area contributed by atoms with Gasteiger partial charge in [0, 0.05) is 17.9 Å². The Morgan fingerprint density at radius 3 is 1.96 bits per heavy atom. The molecule has 0 atom stereocenters. The molecule has 0 bridgehead atoms. The summed E-state index contributed by atoms with van der Waals surface area (Å²) in [6, 6.07) is 29.5. The van der Waals surface area contributed by atoms with Gasteiger partial charge < -0.3 is 5.32 Å². The van der Waals surface area contributed by atoms with E-state index in [1.54, 1.807) is 0 Å². The van der Waals surface area contributed by atoms with Crippen LogP contribution in [0.1, 0.15) is 23.6 Å². The summed E-state index contributed by atoms with van der Waals surface area (Å²) >= 11 is 6.71. The number of pyridine rings is 1. The van der Waals surface area contributed by atoms with Crippen LogP contribution in [0.2, 0.25) is 5.15 Å².